The number of nitrogens with zero attached hydrogens (tertiary/aromatic N) is 2. The van der Waals surface area contributed by atoms with E-state index in [9.17, 15) is 4.79 Å². The molecule has 0 aliphatic carbocycles. The SMILES string of the molecule is CCn1c(=NC(=O)CCCSCc2ccccc2)sc2cc(C)c(C)cc21. The van der Waals surface area contributed by atoms with Gasteiger partial charge in [0.2, 0.25) is 5.91 Å². The van der Waals surface area contributed by atoms with Crippen LogP contribution in [0.25, 0.3) is 10.2 Å². The van der Waals surface area contributed by atoms with Gasteiger partial charge in [0.05, 0.1) is 10.2 Å². The smallest absolute Gasteiger partial charge is 0.248 e. The van der Waals surface area contributed by atoms with E-state index in [4.69, 9.17) is 0 Å². The Hall–Kier alpha value is -1.85. The Kier molecular flexibility index (Phi) is 6.91. The molecule has 0 spiro atoms. The zero-order chi connectivity index (χ0) is 19.2. The van der Waals surface area contributed by atoms with Crippen molar-refractivity contribution in [3.8, 4) is 0 Å². The number of carbonyl (C=O) groups excluding carboxylic acids is 1. The molecule has 0 fully saturated rings. The highest BCUT2D eigenvalue weighted by Gasteiger charge is 2.08. The van der Waals surface area contributed by atoms with Crippen LogP contribution >= 0.6 is 23.1 Å². The summed E-state index contributed by atoms with van der Waals surface area (Å²) in [6, 6.07) is 14.8. The lowest BCUT2D eigenvalue weighted by atomic mass is 10.1. The third-order valence-corrected chi connectivity index (χ3v) is 6.78. The standard InChI is InChI=1S/C22H26N2OS2/c1-4-24-19-13-16(2)17(3)14-20(19)27-22(24)23-21(25)11-8-12-26-15-18-9-6-5-7-10-18/h5-7,9-10,13-14H,4,8,11-12,15H2,1-3H3. The van der Waals surface area contributed by atoms with Gasteiger partial charge in [-0.15, -0.1) is 0 Å². The lowest BCUT2D eigenvalue weighted by Gasteiger charge is -2.03. The maximum atomic E-state index is 12.3. The third-order valence-electron chi connectivity index (χ3n) is 4.63. The zero-order valence-corrected chi connectivity index (χ0v) is 17.8. The third kappa shape index (κ3) is 5.11. The van der Waals surface area contributed by atoms with Crippen molar-refractivity contribution in [1.29, 1.82) is 0 Å². The first-order chi connectivity index (χ1) is 13.1. The lowest BCUT2D eigenvalue weighted by molar-refractivity contribution is -0.118. The summed E-state index contributed by atoms with van der Waals surface area (Å²) in [5, 5.41) is 0. The predicted octanol–water partition coefficient (Wildman–Crippen LogP) is 5.48. The van der Waals surface area contributed by atoms with E-state index in [1.807, 2.05) is 17.8 Å². The maximum absolute atomic E-state index is 12.3. The summed E-state index contributed by atoms with van der Waals surface area (Å²) in [5.41, 5.74) is 5.06. The van der Waals surface area contributed by atoms with Crippen LogP contribution in [-0.2, 0) is 17.1 Å². The van der Waals surface area contributed by atoms with E-state index in [2.05, 4.69) is 66.7 Å². The molecule has 1 amide bonds. The Balaban J connectivity index is 1.61. The summed E-state index contributed by atoms with van der Waals surface area (Å²) < 4.78 is 3.35. The fourth-order valence-corrected chi connectivity index (χ4v) is 5.08. The zero-order valence-electron chi connectivity index (χ0n) is 16.2. The Morgan fingerprint density at radius 2 is 1.89 bits per heavy atom. The quantitative estimate of drug-likeness (QED) is 0.494. The van der Waals surface area contributed by atoms with Gasteiger partial charge in [-0.3, -0.25) is 4.79 Å². The summed E-state index contributed by atoms with van der Waals surface area (Å²) in [6.07, 6.45) is 1.38. The number of hydrogen-bond acceptors (Lipinski definition) is 3. The molecule has 142 valence electrons. The van der Waals surface area contributed by atoms with Gasteiger partial charge in [0.15, 0.2) is 4.80 Å². The van der Waals surface area contributed by atoms with Gasteiger partial charge in [0.1, 0.15) is 0 Å². The van der Waals surface area contributed by atoms with E-state index in [0.717, 1.165) is 29.3 Å². The molecule has 0 aliphatic rings. The van der Waals surface area contributed by atoms with Crippen LogP contribution in [0.4, 0.5) is 0 Å². The summed E-state index contributed by atoms with van der Waals surface area (Å²) in [6.45, 7) is 7.17. The van der Waals surface area contributed by atoms with Gasteiger partial charge in [-0.1, -0.05) is 41.7 Å². The molecule has 1 aromatic heterocycles. The van der Waals surface area contributed by atoms with Crippen LogP contribution in [-0.4, -0.2) is 16.2 Å². The minimum atomic E-state index is -0.0162. The van der Waals surface area contributed by atoms with Crippen LogP contribution in [0.15, 0.2) is 47.5 Å². The number of thiazole rings is 1. The molecule has 0 aliphatic heterocycles. The first-order valence-electron chi connectivity index (χ1n) is 9.38. The van der Waals surface area contributed by atoms with E-state index in [-0.39, 0.29) is 5.91 Å². The highest BCUT2D eigenvalue weighted by Crippen LogP contribution is 2.22. The molecule has 27 heavy (non-hydrogen) atoms. The summed E-state index contributed by atoms with van der Waals surface area (Å²) >= 11 is 3.48. The Bertz CT molecular complexity index is 987. The fraction of sp³-hybridized carbons (Fsp3) is 0.364. The van der Waals surface area contributed by atoms with Gasteiger partial charge in [0, 0.05) is 18.7 Å². The van der Waals surface area contributed by atoms with Crippen molar-refractivity contribution >= 4 is 39.2 Å². The minimum absolute atomic E-state index is 0.0162. The molecule has 3 nitrogen and oxygen atoms in total. The second-order valence-electron chi connectivity index (χ2n) is 6.68. The molecule has 0 radical (unpaired) electrons. The molecule has 0 saturated heterocycles. The first-order valence-corrected chi connectivity index (χ1v) is 11.4. The Labute approximate surface area is 169 Å². The predicted molar refractivity (Wildman–Crippen MR) is 117 cm³/mol. The average molecular weight is 399 g/mol. The van der Waals surface area contributed by atoms with Crippen molar-refractivity contribution in [3.05, 3.63) is 64.0 Å². The van der Waals surface area contributed by atoms with E-state index in [0.29, 0.717) is 6.42 Å². The highest BCUT2D eigenvalue weighted by molar-refractivity contribution is 7.98. The Morgan fingerprint density at radius 1 is 1.15 bits per heavy atom. The van der Waals surface area contributed by atoms with E-state index in [1.165, 1.54) is 26.9 Å². The van der Waals surface area contributed by atoms with Crippen molar-refractivity contribution in [2.45, 2.75) is 45.9 Å². The number of fused-ring (bicyclic) bond motifs is 1. The maximum Gasteiger partial charge on any atom is 0.248 e. The number of hydrogen-bond donors (Lipinski definition) is 0. The molecule has 3 aromatic rings. The summed E-state index contributed by atoms with van der Waals surface area (Å²) in [4.78, 5) is 17.6. The molecule has 2 aromatic carbocycles. The van der Waals surface area contributed by atoms with E-state index < -0.39 is 0 Å². The number of aryl methyl sites for hydroxylation is 3. The van der Waals surface area contributed by atoms with Gasteiger partial charge >= 0.3 is 0 Å². The monoisotopic (exact) mass is 398 g/mol. The highest BCUT2D eigenvalue weighted by atomic mass is 32.2. The number of benzene rings is 2. The molecule has 0 atom stereocenters. The number of carbonyl (C=O) groups is 1. The molecular weight excluding hydrogens is 372 g/mol. The van der Waals surface area contributed by atoms with Crippen molar-refractivity contribution in [3.63, 3.8) is 0 Å². The van der Waals surface area contributed by atoms with Gasteiger partial charge in [-0.25, -0.2) is 0 Å². The van der Waals surface area contributed by atoms with E-state index in [1.54, 1.807) is 11.3 Å². The molecular formula is C22H26N2OS2. The minimum Gasteiger partial charge on any atom is -0.317 e. The van der Waals surface area contributed by atoms with Crippen LogP contribution < -0.4 is 4.80 Å². The fourth-order valence-electron chi connectivity index (χ4n) is 2.96. The second kappa shape index (κ2) is 9.38. The summed E-state index contributed by atoms with van der Waals surface area (Å²) in [7, 11) is 0. The Morgan fingerprint density at radius 3 is 2.63 bits per heavy atom. The first kappa shape index (κ1) is 19.9. The number of thioether (sulfide) groups is 1. The van der Waals surface area contributed by atoms with Crippen LogP contribution in [0.3, 0.4) is 0 Å². The molecule has 0 N–H and O–H groups in total. The molecule has 0 bridgehead atoms. The molecule has 3 rings (SSSR count). The van der Waals surface area contributed by atoms with Crippen LogP contribution in [0.2, 0.25) is 0 Å². The topological polar surface area (TPSA) is 34.4 Å². The summed E-state index contributed by atoms with van der Waals surface area (Å²) in [5.74, 6) is 1.96. The molecule has 5 heteroatoms. The van der Waals surface area contributed by atoms with Gasteiger partial charge < -0.3 is 4.57 Å². The second-order valence-corrected chi connectivity index (χ2v) is 8.79. The van der Waals surface area contributed by atoms with Crippen molar-refractivity contribution in [2.24, 2.45) is 4.99 Å². The largest absolute Gasteiger partial charge is 0.317 e. The van der Waals surface area contributed by atoms with E-state index >= 15 is 0 Å². The number of aromatic nitrogens is 1. The van der Waals surface area contributed by atoms with Gasteiger partial charge in [-0.2, -0.15) is 16.8 Å². The normalized spacial score (nSPS) is 12.0. The molecule has 0 unspecified atom stereocenters. The van der Waals surface area contributed by atoms with Crippen molar-refractivity contribution < 1.29 is 4.79 Å². The van der Waals surface area contributed by atoms with Gasteiger partial charge in [-0.05, 0) is 61.8 Å². The van der Waals surface area contributed by atoms with Gasteiger partial charge in [0.25, 0.3) is 0 Å². The van der Waals surface area contributed by atoms with Crippen LogP contribution in [0, 0.1) is 13.8 Å². The van der Waals surface area contributed by atoms with Crippen LogP contribution in [0.5, 0.6) is 0 Å². The number of rotatable bonds is 7. The van der Waals surface area contributed by atoms with Crippen LogP contribution in [0.1, 0.15) is 36.5 Å². The average Bonchev–Trinajstić information content (AvgIpc) is 2.98. The molecule has 0 saturated carbocycles. The lowest BCUT2D eigenvalue weighted by Crippen LogP contribution is -2.15. The number of amides is 1. The van der Waals surface area contributed by atoms with Crippen molar-refractivity contribution in [2.75, 3.05) is 5.75 Å². The molecule has 1 heterocycles. The van der Waals surface area contributed by atoms with Crippen molar-refractivity contribution in [1.82, 2.24) is 4.57 Å².